The third-order valence-electron chi connectivity index (χ3n) is 5.76. The van der Waals surface area contributed by atoms with Gasteiger partial charge in [-0.25, -0.2) is 0 Å². The lowest BCUT2D eigenvalue weighted by Crippen LogP contribution is -2.46. The Morgan fingerprint density at radius 1 is 0.771 bits per heavy atom. The number of carbonyl (C=O) groups is 1. The fourth-order valence-corrected chi connectivity index (χ4v) is 6.75. The lowest BCUT2D eigenvalue weighted by molar-refractivity contribution is 0.0708. The molecule has 0 heterocycles. The SMILES string of the molecule is CCO[Si](CCCc1c(O)ccc(C(=O)c2ccc(-c3ccccc3)cc2)c1O)(OCC)OCC. The van der Waals surface area contributed by atoms with Crippen LogP contribution in [-0.4, -0.2) is 44.6 Å². The van der Waals surface area contributed by atoms with E-state index < -0.39 is 8.80 Å². The second-order valence-electron chi connectivity index (χ2n) is 8.07. The highest BCUT2D eigenvalue weighted by Crippen LogP contribution is 2.34. The van der Waals surface area contributed by atoms with Crippen molar-refractivity contribution in [2.24, 2.45) is 0 Å². The van der Waals surface area contributed by atoms with Gasteiger partial charge in [-0.3, -0.25) is 4.79 Å². The predicted molar refractivity (Wildman–Crippen MR) is 139 cm³/mol. The Hall–Kier alpha value is -2.97. The van der Waals surface area contributed by atoms with Crippen LogP contribution in [0.25, 0.3) is 11.1 Å². The zero-order valence-corrected chi connectivity index (χ0v) is 21.6. The molecule has 0 unspecified atom stereocenters. The van der Waals surface area contributed by atoms with Crippen molar-refractivity contribution < 1.29 is 28.3 Å². The number of benzene rings is 3. The summed E-state index contributed by atoms with van der Waals surface area (Å²) in [4.78, 5) is 13.2. The van der Waals surface area contributed by atoms with E-state index in [4.69, 9.17) is 13.3 Å². The van der Waals surface area contributed by atoms with E-state index in [1.54, 1.807) is 12.1 Å². The number of ketones is 1. The Morgan fingerprint density at radius 2 is 1.34 bits per heavy atom. The first-order chi connectivity index (χ1) is 16.9. The summed E-state index contributed by atoms with van der Waals surface area (Å²) < 4.78 is 17.7. The molecule has 35 heavy (non-hydrogen) atoms. The van der Waals surface area contributed by atoms with E-state index in [2.05, 4.69) is 0 Å². The molecule has 0 aliphatic heterocycles. The van der Waals surface area contributed by atoms with Gasteiger partial charge in [-0.15, -0.1) is 0 Å². The van der Waals surface area contributed by atoms with Crippen LogP contribution >= 0.6 is 0 Å². The molecule has 6 nitrogen and oxygen atoms in total. The Kier molecular flexibility index (Phi) is 9.62. The van der Waals surface area contributed by atoms with E-state index in [-0.39, 0.29) is 22.8 Å². The summed E-state index contributed by atoms with van der Waals surface area (Å²) in [5, 5.41) is 21.3. The number of rotatable bonds is 13. The monoisotopic (exact) mass is 494 g/mol. The molecule has 2 N–H and O–H groups in total. The Labute approximate surface area is 208 Å². The van der Waals surface area contributed by atoms with Crippen LogP contribution in [-0.2, 0) is 19.7 Å². The van der Waals surface area contributed by atoms with Gasteiger partial charge in [-0.2, -0.15) is 0 Å². The van der Waals surface area contributed by atoms with Crippen molar-refractivity contribution in [2.75, 3.05) is 19.8 Å². The van der Waals surface area contributed by atoms with Gasteiger partial charge in [0.05, 0.1) is 5.56 Å². The van der Waals surface area contributed by atoms with Crippen LogP contribution in [0.4, 0.5) is 0 Å². The minimum atomic E-state index is -2.84. The van der Waals surface area contributed by atoms with Crippen LogP contribution in [0.3, 0.4) is 0 Å². The predicted octanol–water partition coefficient (Wildman–Crippen LogP) is 5.98. The summed E-state index contributed by atoms with van der Waals surface area (Å²) >= 11 is 0. The van der Waals surface area contributed by atoms with E-state index in [1.165, 1.54) is 12.1 Å². The molecule has 3 aromatic carbocycles. The molecular weight excluding hydrogens is 460 g/mol. The van der Waals surface area contributed by atoms with Crippen molar-refractivity contribution in [1.29, 1.82) is 0 Å². The summed E-state index contributed by atoms with van der Waals surface area (Å²) in [5.74, 6) is -0.543. The van der Waals surface area contributed by atoms with Gasteiger partial charge >= 0.3 is 8.80 Å². The van der Waals surface area contributed by atoms with Crippen LogP contribution < -0.4 is 0 Å². The maximum atomic E-state index is 13.2. The number of hydrogen-bond donors (Lipinski definition) is 2. The summed E-state index contributed by atoms with van der Waals surface area (Å²) in [6, 6.07) is 20.7. The number of phenols is 2. The molecule has 3 rings (SSSR count). The number of phenolic OH excluding ortho intramolecular Hbond substituents is 2. The van der Waals surface area contributed by atoms with Gasteiger partial charge in [0.25, 0.3) is 0 Å². The van der Waals surface area contributed by atoms with E-state index in [0.29, 0.717) is 49.8 Å². The van der Waals surface area contributed by atoms with Gasteiger partial charge in [-0.05, 0) is 56.9 Å². The topological polar surface area (TPSA) is 85.2 Å². The molecule has 0 bridgehead atoms. The molecule has 0 saturated carbocycles. The number of aromatic hydroxyl groups is 2. The molecule has 186 valence electrons. The van der Waals surface area contributed by atoms with Crippen LogP contribution in [0.1, 0.15) is 48.7 Å². The van der Waals surface area contributed by atoms with E-state index in [9.17, 15) is 15.0 Å². The molecule has 0 amide bonds. The zero-order chi connectivity index (χ0) is 25.3. The molecule has 3 aromatic rings. The van der Waals surface area contributed by atoms with E-state index in [0.717, 1.165) is 11.1 Å². The Balaban J connectivity index is 1.77. The van der Waals surface area contributed by atoms with Gasteiger partial charge < -0.3 is 23.5 Å². The molecule has 0 atom stereocenters. The molecule has 0 radical (unpaired) electrons. The largest absolute Gasteiger partial charge is 0.508 e. The molecular formula is C28H34O6Si. The van der Waals surface area contributed by atoms with Crippen molar-refractivity contribution in [1.82, 2.24) is 0 Å². The summed E-state index contributed by atoms with van der Waals surface area (Å²) in [5.41, 5.74) is 3.03. The molecule has 0 aliphatic rings. The molecule has 0 aliphatic carbocycles. The maximum Gasteiger partial charge on any atom is 0.500 e. The van der Waals surface area contributed by atoms with Crippen LogP contribution in [0.5, 0.6) is 11.5 Å². The second kappa shape index (κ2) is 12.6. The molecule has 7 heteroatoms. The highest BCUT2D eigenvalue weighted by atomic mass is 28.4. The van der Waals surface area contributed by atoms with Crippen molar-refractivity contribution >= 4 is 14.6 Å². The lowest BCUT2D eigenvalue weighted by atomic mass is 9.96. The average Bonchev–Trinajstić information content (AvgIpc) is 2.87. The van der Waals surface area contributed by atoms with Crippen LogP contribution in [0.15, 0.2) is 66.7 Å². The van der Waals surface area contributed by atoms with Gasteiger partial charge in [0.1, 0.15) is 11.5 Å². The van der Waals surface area contributed by atoms with Crippen molar-refractivity contribution in [3.05, 3.63) is 83.4 Å². The third kappa shape index (κ3) is 6.58. The smallest absolute Gasteiger partial charge is 0.500 e. The van der Waals surface area contributed by atoms with Gasteiger partial charge in [0, 0.05) is 37.0 Å². The molecule has 0 spiro atoms. The third-order valence-corrected chi connectivity index (χ3v) is 8.91. The summed E-state index contributed by atoms with van der Waals surface area (Å²) in [7, 11) is -2.84. The molecule has 0 saturated heterocycles. The Morgan fingerprint density at radius 3 is 1.91 bits per heavy atom. The van der Waals surface area contributed by atoms with E-state index >= 15 is 0 Å². The molecule has 0 aromatic heterocycles. The van der Waals surface area contributed by atoms with Crippen molar-refractivity contribution in [3.8, 4) is 22.6 Å². The summed E-state index contributed by atoms with van der Waals surface area (Å²) in [6.07, 6.45) is 0.921. The maximum absolute atomic E-state index is 13.2. The highest BCUT2D eigenvalue weighted by Gasteiger charge is 2.39. The number of hydrogen-bond acceptors (Lipinski definition) is 6. The van der Waals surface area contributed by atoms with Gasteiger partial charge in [0.2, 0.25) is 0 Å². The minimum absolute atomic E-state index is 0.0463. The van der Waals surface area contributed by atoms with E-state index in [1.807, 2.05) is 63.2 Å². The zero-order valence-electron chi connectivity index (χ0n) is 20.6. The van der Waals surface area contributed by atoms with Crippen molar-refractivity contribution in [2.45, 2.75) is 39.7 Å². The standard InChI is InChI=1S/C28H34O6Si/c1-4-32-35(33-5-2,34-6-3)20-10-13-24-26(29)19-18-25(28(24)31)27(30)23-16-14-22(15-17-23)21-11-8-7-9-12-21/h7-9,11-12,14-19,29,31H,4-6,10,13,20H2,1-3H3. The minimum Gasteiger partial charge on any atom is -0.508 e. The quantitative estimate of drug-likeness (QED) is 0.225. The van der Waals surface area contributed by atoms with Crippen LogP contribution in [0, 0.1) is 0 Å². The van der Waals surface area contributed by atoms with Gasteiger partial charge in [-0.1, -0.05) is 54.6 Å². The molecule has 0 fully saturated rings. The first kappa shape index (κ1) is 26.6. The average molecular weight is 495 g/mol. The summed E-state index contributed by atoms with van der Waals surface area (Å²) in [6.45, 7) is 7.15. The van der Waals surface area contributed by atoms with Gasteiger partial charge in [0.15, 0.2) is 5.78 Å². The first-order valence-corrected chi connectivity index (χ1v) is 14.0. The first-order valence-electron chi connectivity index (χ1n) is 12.1. The normalized spacial score (nSPS) is 11.5. The second-order valence-corrected chi connectivity index (χ2v) is 10.8. The lowest BCUT2D eigenvalue weighted by Gasteiger charge is -2.28. The fourth-order valence-electron chi connectivity index (χ4n) is 4.14. The Bertz CT molecular complexity index is 1080. The fraction of sp³-hybridized carbons (Fsp3) is 0.321. The number of carbonyl (C=O) groups excluding carboxylic acids is 1. The van der Waals surface area contributed by atoms with Crippen molar-refractivity contribution in [3.63, 3.8) is 0 Å². The highest BCUT2D eigenvalue weighted by molar-refractivity contribution is 6.60. The van der Waals surface area contributed by atoms with Crippen LogP contribution in [0.2, 0.25) is 6.04 Å².